The Morgan fingerprint density at radius 3 is 3.25 bits per heavy atom. The van der Waals surface area contributed by atoms with E-state index >= 15 is 0 Å². The van der Waals surface area contributed by atoms with Crippen LogP contribution in [0.15, 0.2) is 24.5 Å². The minimum atomic E-state index is -0.174. The molecule has 2 rings (SSSR count). The Balaban J connectivity index is 1.97. The first-order valence-electron chi connectivity index (χ1n) is 3.65. The number of ether oxygens (including phenoxy) is 2. The fourth-order valence-electron chi connectivity index (χ4n) is 1.07. The predicted molar refractivity (Wildman–Crippen MR) is 43.7 cm³/mol. The highest BCUT2D eigenvalue weighted by Crippen LogP contribution is 2.38. The van der Waals surface area contributed by atoms with E-state index in [1.807, 2.05) is 12.1 Å². The maximum Gasteiger partial charge on any atom is 0.190 e. The van der Waals surface area contributed by atoms with Crippen molar-refractivity contribution in [2.24, 2.45) is 0 Å². The number of halogens is 1. The van der Waals surface area contributed by atoms with Gasteiger partial charge in [-0.2, -0.15) is 0 Å². The first-order valence-corrected chi connectivity index (χ1v) is 4.18. The quantitative estimate of drug-likeness (QED) is 0.531. The molecular formula is C8H8ClNO2. The van der Waals surface area contributed by atoms with Crippen molar-refractivity contribution < 1.29 is 9.47 Å². The highest BCUT2D eigenvalue weighted by atomic mass is 35.5. The second-order valence-electron chi connectivity index (χ2n) is 2.49. The fourth-order valence-corrected chi connectivity index (χ4v) is 1.19. The van der Waals surface area contributed by atoms with E-state index in [1.54, 1.807) is 12.4 Å². The van der Waals surface area contributed by atoms with Crippen LogP contribution < -0.4 is 0 Å². The standard InChI is InChI=1S/C8H8ClNO2/c9-5-11-8-7(12-8)6-2-1-3-10-4-6/h1-4,7-8H,5H2. The largest absolute Gasteiger partial charge is 0.336 e. The van der Waals surface area contributed by atoms with Crippen molar-refractivity contribution in [2.75, 3.05) is 6.07 Å². The Morgan fingerprint density at radius 1 is 1.67 bits per heavy atom. The Kier molecular flexibility index (Phi) is 2.26. The van der Waals surface area contributed by atoms with Crippen LogP contribution in [0.3, 0.4) is 0 Å². The maximum absolute atomic E-state index is 5.37. The Bertz CT molecular complexity index is 254. The zero-order valence-electron chi connectivity index (χ0n) is 6.31. The number of alkyl halides is 1. The Morgan fingerprint density at radius 2 is 2.58 bits per heavy atom. The number of hydrogen-bond donors (Lipinski definition) is 0. The lowest BCUT2D eigenvalue weighted by Gasteiger charge is -1.93. The summed E-state index contributed by atoms with van der Waals surface area (Å²) in [7, 11) is 0. The van der Waals surface area contributed by atoms with Crippen LogP contribution >= 0.6 is 11.6 Å². The number of nitrogens with zero attached hydrogens (tertiary/aromatic N) is 1. The molecule has 0 amide bonds. The van der Waals surface area contributed by atoms with Crippen molar-refractivity contribution in [3.05, 3.63) is 30.1 Å². The third kappa shape index (κ3) is 1.58. The van der Waals surface area contributed by atoms with Gasteiger partial charge in [-0.1, -0.05) is 17.7 Å². The van der Waals surface area contributed by atoms with Crippen LogP contribution in [0.2, 0.25) is 0 Å². The summed E-state index contributed by atoms with van der Waals surface area (Å²) >= 11 is 5.37. The van der Waals surface area contributed by atoms with Crippen LogP contribution in [0.5, 0.6) is 0 Å². The van der Waals surface area contributed by atoms with E-state index in [9.17, 15) is 0 Å². The molecule has 0 aromatic carbocycles. The average Bonchev–Trinajstić information content (AvgIpc) is 2.87. The first-order chi connectivity index (χ1) is 5.92. The summed E-state index contributed by atoms with van der Waals surface area (Å²) < 4.78 is 10.2. The summed E-state index contributed by atoms with van der Waals surface area (Å²) in [5.41, 5.74) is 1.03. The van der Waals surface area contributed by atoms with E-state index in [2.05, 4.69) is 4.98 Å². The molecule has 1 aromatic rings. The maximum atomic E-state index is 5.37. The molecule has 1 aromatic heterocycles. The number of pyridine rings is 1. The van der Waals surface area contributed by atoms with Gasteiger partial charge in [0.25, 0.3) is 0 Å². The highest BCUT2D eigenvalue weighted by molar-refractivity contribution is 6.17. The number of rotatable bonds is 3. The Hall–Kier alpha value is -0.640. The van der Waals surface area contributed by atoms with Crippen molar-refractivity contribution in [1.29, 1.82) is 0 Å². The monoisotopic (exact) mass is 185 g/mol. The molecule has 1 aliphatic rings. The van der Waals surface area contributed by atoms with Gasteiger partial charge < -0.3 is 9.47 Å². The summed E-state index contributed by atoms with van der Waals surface area (Å²) in [6.07, 6.45) is 3.34. The number of hydrogen-bond acceptors (Lipinski definition) is 3. The summed E-state index contributed by atoms with van der Waals surface area (Å²) in [5, 5.41) is 0. The van der Waals surface area contributed by atoms with Gasteiger partial charge in [0.2, 0.25) is 0 Å². The second-order valence-corrected chi connectivity index (χ2v) is 2.71. The fraction of sp³-hybridized carbons (Fsp3) is 0.375. The summed E-state index contributed by atoms with van der Waals surface area (Å²) in [4.78, 5) is 3.97. The molecule has 1 saturated heterocycles. The van der Waals surface area contributed by atoms with E-state index < -0.39 is 0 Å². The molecule has 2 heterocycles. The van der Waals surface area contributed by atoms with Crippen molar-refractivity contribution in [1.82, 2.24) is 4.98 Å². The van der Waals surface area contributed by atoms with Gasteiger partial charge in [0.05, 0.1) is 0 Å². The van der Waals surface area contributed by atoms with Crippen LogP contribution in [0, 0.1) is 0 Å². The van der Waals surface area contributed by atoms with Crippen LogP contribution in [0.25, 0.3) is 0 Å². The van der Waals surface area contributed by atoms with Crippen LogP contribution in [-0.4, -0.2) is 17.3 Å². The molecule has 1 aliphatic heterocycles. The van der Waals surface area contributed by atoms with Gasteiger partial charge in [0, 0.05) is 18.0 Å². The minimum Gasteiger partial charge on any atom is -0.336 e. The topological polar surface area (TPSA) is 34.6 Å². The number of epoxide rings is 1. The number of aromatic nitrogens is 1. The molecule has 2 atom stereocenters. The van der Waals surface area contributed by atoms with E-state index in [4.69, 9.17) is 21.1 Å². The molecule has 2 unspecified atom stereocenters. The van der Waals surface area contributed by atoms with Crippen molar-refractivity contribution in [3.8, 4) is 0 Å². The SMILES string of the molecule is ClCOC1OC1c1cccnc1. The van der Waals surface area contributed by atoms with Gasteiger partial charge in [0.15, 0.2) is 6.29 Å². The average molecular weight is 186 g/mol. The van der Waals surface area contributed by atoms with Crippen molar-refractivity contribution >= 4 is 11.6 Å². The van der Waals surface area contributed by atoms with Crippen LogP contribution in [0.1, 0.15) is 11.7 Å². The van der Waals surface area contributed by atoms with E-state index in [0.717, 1.165) is 5.56 Å². The Labute approximate surface area is 75.3 Å². The molecule has 12 heavy (non-hydrogen) atoms. The van der Waals surface area contributed by atoms with Gasteiger partial charge in [0.1, 0.15) is 12.2 Å². The highest BCUT2D eigenvalue weighted by Gasteiger charge is 2.41. The molecule has 0 saturated carbocycles. The van der Waals surface area contributed by atoms with Gasteiger partial charge >= 0.3 is 0 Å². The van der Waals surface area contributed by atoms with Gasteiger partial charge in [-0.05, 0) is 6.07 Å². The summed E-state index contributed by atoms with van der Waals surface area (Å²) in [6, 6.07) is 3.99. The molecular weight excluding hydrogens is 178 g/mol. The lowest BCUT2D eigenvalue weighted by Crippen LogP contribution is -1.94. The molecule has 0 aliphatic carbocycles. The summed E-state index contributed by atoms with van der Waals surface area (Å²) in [5.74, 6) is 0. The molecule has 64 valence electrons. The third-order valence-corrected chi connectivity index (χ3v) is 1.82. The smallest absolute Gasteiger partial charge is 0.190 e. The van der Waals surface area contributed by atoms with Crippen molar-refractivity contribution in [3.63, 3.8) is 0 Å². The van der Waals surface area contributed by atoms with Gasteiger partial charge in [-0.15, -0.1) is 0 Å². The lowest BCUT2D eigenvalue weighted by atomic mass is 10.2. The molecule has 4 heteroatoms. The first kappa shape index (κ1) is 7.98. The molecule has 0 bridgehead atoms. The van der Waals surface area contributed by atoms with Crippen LogP contribution in [0.4, 0.5) is 0 Å². The molecule has 0 N–H and O–H groups in total. The zero-order valence-corrected chi connectivity index (χ0v) is 7.07. The normalized spacial score (nSPS) is 27.1. The van der Waals surface area contributed by atoms with E-state index in [0.29, 0.717) is 0 Å². The molecule has 0 radical (unpaired) electrons. The molecule has 0 spiro atoms. The predicted octanol–water partition coefficient (Wildman–Crippen LogP) is 1.69. The van der Waals surface area contributed by atoms with Gasteiger partial charge in [-0.25, -0.2) is 0 Å². The van der Waals surface area contributed by atoms with E-state index in [1.165, 1.54) is 0 Å². The third-order valence-electron chi connectivity index (χ3n) is 1.69. The van der Waals surface area contributed by atoms with Crippen LogP contribution in [-0.2, 0) is 9.47 Å². The lowest BCUT2D eigenvalue weighted by molar-refractivity contribution is 0.0813. The molecule has 1 fully saturated rings. The van der Waals surface area contributed by atoms with Gasteiger partial charge in [-0.3, -0.25) is 4.98 Å². The minimum absolute atomic E-state index is 0.0254. The van der Waals surface area contributed by atoms with Crippen molar-refractivity contribution in [2.45, 2.75) is 12.4 Å². The summed E-state index contributed by atoms with van der Waals surface area (Å²) in [6.45, 7) is 0. The zero-order chi connectivity index (χ0) is 8.39. The second kappa shape index (κ2) is 3.39. The molecule has 3 nitrogen and oxygen atoms in total. The van der Waals surface area contributed by atoms with E-state index in [-0.39, 0.29) is 18.5 Å².